The fourth-order valence-corrected chi connectivity index (χ4v) is 2.65. The number of pyridine rings is 1. The van der Waals surface area contributed by atoms with Gasteiger partial charge in [0, 0.05) is 25.5 Å². The molecule has 1 saturated heterocycles. The number of imidazole rings is 1. The van der Waals surface area contributed by atoms with Crippen LogP contribution in [-0.2, 0) is 4.79 Å². The highest BCUT2D eigenvalue weighted by Crippen LogP contribution is 2.24. The summed E-state index contributed by atoms with van der Waals surface area (Å²) in [5.41, 5.74) is 1.06. The Bertz CT molecular complexity index is 646. The second kappa shape index (κ2) is 4.63. The maximum Gasteiger partial charge on any atom is 0.308 e. The van der Waals surface area contributed by atoms with Crippen LogP contribution in [0.1, 0.15) is 17.4 Å². The van der Waals surface area contributed by atoms with Gasteiger partial charge in [0.2, 0.25) is 0 Å². The maximum absolute atomic E-state index is 12.4. The van der Waals surface area contributed by atoms with Gasteiger partial charge < -0.3 is 14.4 Å². The van der Waals surface area contributed by atoms with Crippen LogP contribution >= 0.6 is 0 Å². The molecule has 0 spiro atoms. The quantitative estimate of drug-likeness (QED) is 0.890. The van der Waals surface area contributed by atoms with E-state index in [1.54, 1.807) is 15.5 Å². The van der Waals surface area contributed by atoms with Crippen molar-refractivity contribution in [2.24, 2.45) is 11.8 Å². The number of carboxylic acids is 1. The van der Waals surface area contributed by atoms with E-state index in [9.17, 15) is 9.59 Å². The van der Waals surface area contributed by atoms with Crippen LogP contribution in [-0.4, -0.2) is 44.4 Å². The highest BCUT2D eigenvalue weighted by atomic mass is 16.4. The van der Waals surface area contributed by atoms with Crippen LogP contribution in [0.15, 0.2) is 30.6 Å². The van der Waals surface area contributed by atoms with Crippen LogP contribution in [0.3, 0.4) is 0 Å². The van der Waals surface area contributed by atoms with Crippen LogP contribution in [0, 0.1) is 11.8 Å². The molecule has 2 aromatic rings. The molecule has 104 valence electrons. The molecule has 0 bridgehead atoms. The van der Waals surface area contributed by atoms with Crippen molar-refractivity contribution in [2.75, 3.05) is 13.1 Å². The Labute approximate surface area is 115 Å². The van der Waals surface area contributed by atoms with Gasteiger partial charge in [-0.1, -0.05) is 13.0 Å². The number of amides is 1. The predicted molar refractivity (Wildman–Crippen MR) is 71.4 cm³/mol. The first kappa shape index (κ1) is 12.7. The fraction of sp³-hybridized carbons (Fsp3) is 0.357. The minimum Gasteiger partial charge on any atom is -0.481 e. The van der Waals surface area contributed by atoms with Crippen molar-refractivity contribution in [3.8, 4) is 0 Å². The molecule has 2 aromatic heterocycles. The van der Waals surface area contributed by atoms with Crippen molar-refractivity contribution in [3.05, 3.63) is 36.3 Å². The number of fused-ring (bicyclic) bond motifs is 1. The van der Waals surface area contributed by atoms with E-state index < -0.39 is 11.9 Å². The van der Waals surface area contributed by atoms with E-state index in [0.717, 1.165) is 0 Å². The van der Waals surface area contributed by atoms with E-state index in [0.29, 0.717) is 17.9 Å². The maximum atomic E-state index is 12.4. The number of aliphatic carboxylic acids is 1. The Morgan fingerprint density at radius 3 is 2.80 bits per heavy atom. The summed E-state index contributed by atoms with van der Waals surface area (Å²) >= 11 is 0. The first-order valence-corrected chi connectivity index (χ1v) is 6.52. The highest BCUT2D eigenvalue weighted by Gasteiger charge is 2.37. The zero-order chi connectivity index (χ0) is 14.3. The van der Waals surface area contributed by atoms with E-state index in [2.05, 4.69) is 4.98 Å². The van der Waals surface area contributed by atoms with Crippen LogP contribution in [0.4, 0.5) is 0 Å². The van der Waals surface area contributed by atoms with Gasteiger partial charge >= 0.3 is 5.97 Å². The monoisotopic (exact) mass is 273 g/mol. The zero-order valence-electron chi connectivity index (χ0n) is 11.1. The number of hydrogen-bond acceptors (Lipinski definition) is 3. The predicted octanol–water partition coefficient (Wildman–Crippen LogP) is 1.13. The third-order valence-electron chi connectivity index (χ3n) is 3.80. The average Bonchev–Trinajstić information content (AvgIpc) is 3.01. The SMILES string of the molecule is CC1CN(C(=O)c2cn3ccccc3n2)CC1C(=O)O. The van der Waals surface area contributed by atoms with Crippen molar-refractivity contribution < 1.29 is 14.7 Å². The second-order valence-electron chi connectivity index (χ2n) is 5.22. The van der Waals surface area contributed by atoms with Gasteiger partial charge in [0.1, 0.15) is 11.3 Å². The first-order valence-electron chi connectivity index (χ1n) is 6.52. The Morgan fingerprint density at radius 2 is 2.15 bits per heavy atom. The lowest BCUT2D eigenvalue weighted by molar-refractivity contribution is -0.142. The molecule has 3 heterocycles. The van der Waals surface area contributed by atoms with Crippen molar-refractivity contribution in [3.63, 3.8) is 0 Å². The lowest BCUT2D eigenvalue weighted by atomic mass is 9.99. The van der Waals surface area contributed by atoms with Gasteiger partial charge in [0.25, 0.3) is 5.91 Å². The number of nitrogens with zero attached hydrogens (tertiary/aromatic N) is 3. The van der Waals surface area contributed by atoms with Gasteiger partial charge in [-0.3, -0.25) is 9.59 Å². The minimum atomic E-state index is -0.845. The summed E-state index contributed by atoms with van der Waals surface area (Å²) < 4.78 is 1.78. The smallest absolute Gasteiger partial charge is 0.308 e. The summed E-state index contributed by atoms with van der Waals surface area (Å²) in [7, 11) is 0. The van der Waals surface area contributed by atoms with E-state index in [1.807, 2.05) is 31.3 Å². The fourth-order valence-electron chi connectivity index (χ4n) is 2.65. The summed E-state index contributed by atoms with van der Waals surface area (Å²) in [4.78, 5) is 29.3. The molecule has 0 aromatic carbocycles. The molecular weight excluding hydrogens is 258 g/mol. The Morgan fingerprint density at radius 1 is 1.35 bits per heavy atom. The van der Waals surface area contributed by atoms with Crippen molar-refractivity contribution in [1.82, 2.24) is 14.3 Å². The molecule has 1 aliphatic rings. The molecule has 20 heavy (non-hydrogen) atoms. The molecule has 1 N–H and O–H groups in total. The van der Waals surface area contributed by atoms with E-state index >= 15 is 0 Å². The van der Waals surface area contributed by atoms with Gasteiger partial charge in [-0.25, -0.2) is 4.98 Å². The molecule has 0 aliphatic carbocycles. The molecule has 1 aliphatic heterocycles. The van der Waals surface area contributed by atoms with E-state index in [1.165, 1.54) is 0 Å². The number of rotatable bonds is 2. The lowest BCUT2D eigenvalue weighted by Crippen LogP contribution is -2.30. The number of carboxylic acid groups (broad SMARTS) is 1. The second-order valence-corrected chi connectivity index (χ2v) is 5.22. The van der Waals surface area contributed by atoms with Crippen LogP contribution in [0.25, 0.3) is 5.65 Å². The van der Waals surface area contributed by atoms with Gasteiger partial charge in [-0.05, 0) is 18.1 Å². The number of carbonyl (C=O) groups is 2. The molecule has 0 radical (unpaired) electrons. The number of hydrogen-bond donors (Lipinski definition) is 1. The number of likely N-dealkylation sites (tertiary alicyclic amines) is 1. The molecule has 6 heteroatoms. The first-order chi connectivity index (χ1) is 9.56. The largest absolute Gasteiger partial charge is 0.481 e. The summed E-state index contributed by atoms with van der Waals surface area (Å²) in [6.45, 7) is 2.57. The minimum absolute atomic E-state index is 0.0338. The molecule has 2 atom stereocenters. The Balaban J connectivity index is 1.84. The van der Waals surface area contributed by atoms with Crippen molar-refractivity contribution in [1.29, 1.82) is 0 Å². The van der Waals surface area contributed by atoms with E-state index in [4.69, 9.17) is 5.11 Å². The summed E-state index contributed by atoms with van der Waals surface area (Å²) in [6, 6.07) is 5.54. The van der Waals surface area contributed by atoms with Gasteiger partial charge in [-0.2, -0.15) is 0 Å². The number of carbonyl (C=O) groups excluding carboxylic acids is 1. The molecule has 6 nitrogen and oxygen atoms in total. The Hall–Kier alpha value is -2.37. The van der Waals surface area contributed by atoms with Crippen LogP contribution in [0.2, 0.25) is 0 Å². The number of aromatic nitrogens is 2. The molecule has 0 saturated carbocycles. The third-order valence-corrected chi connectivity index (χ3v) is 3.80. The highest BCUT2D eigenvalue weighted by molar-refractivity contribution is 5.93. The van der Waals surface area contributed by atoms with Crippen LogP contribution < -0.4 is 0 Å². The van der Waals surface area contributed by atoms with E-state index in [-0.39, 0.29) is 18.4 Å². The summed E-state index contributed by atoms with van der Waals surface area (Å²) in [5.74, 6) is -1.57. The van der Waals surface area contributed by atoms with Gasteiger partial charge in [0.05, 0.1) is 5.92 Å². The molecular formula is C14H15N3O3. The summed E-state index contributed by atoms with van der Waals surface area (Å²) in [6.07, 6.45) is 3.50. The van der Waals surface area contributed by atoms with Crippen molar-refractivity contribution in [2.45, 2.75) is 6.92 Å². The van der Waals surface area contributed by atoms with Gasteiger partial charge in [0.15, 0.2) is 0 Å². The van der Waals surface area contributed by atoms with Crippen molar-refractivity contribution >= 4 is 17.5 Å². The normalized spacial score (nSPS) is 22.4. The summed E-state index contributed by atoms with van der Waals surface area (Å²) in [5, 5.41) is 9.11. The standard InChI is InChI=1S/C14H15N3O3/c1-9-6-17(7-10(9)14(19)20)13(18)11-8-16-5-3-2-4-12(16)15-11/h2-5,8-10H,6-7H2,1H3,(H,19,20). The van der Waals surface area contributed by atoms with Crippen LogP contribution in [0.5, 0.6) is 0 Å². The topological polar surface area (TPSA) is 74.9 Å². The average molecular weight is 273 g/mol. The Kier molecular flexibility index (Phi) is 2.93. The zero-order valence-corrected chi connectivity index (χ0v) is 11.1. The lowest BCUT2D eigenvalue weighted by Gasteiger charge is -2.13. The third kappa shape index (κ3) is 2.03. The molecule has 2 unspecified atom stereocenters. The molecule has 3 rings (SSSR count). The molecule has 1 fully saturated rings. The van der Waals surface area contributed by atoms with Gasteiger partial charge in [-0.15, -0.1) is 0 Å². The molecule has 1 amide bonds.